The summed E-state index contributed by atoms with van der Waals surface area (Å²) in [5, 5.41) is 0. The molecule has 0 spiro atoms. The first-order valence-corrected chi connectivity index (χ1v) is 20.0. The molecule has 1 unspecified atom stereocenters. The number of rotatable bonds is 7. The average molecular weight is 698 g/mol. The van der Waals surface area contributed by atoms with Crippen LogP contribution < -0.4 is 4.90 Å². The molecular weight excluding hydrogens is 651 g/mol. The quantitative estimate of drug-likeness (QED) is 0.160. The molecule has 3 fully saturated rings. The summed E-state index contributed by atoms with van der Waals surface area (Å²) in [5.74, 6) is 2.48. The van der Waals surface area contributed by atoms with Crippen molar-refractivity contribution in [1.29, 1.82) is 0 Å². The van der Waals surface area contributed by atoms with Gasteiger partial charge in [-0.25, -0.2) is 0 Å². The Labute approximate surface area is 321 Å². The highest BCUT2D eigenvalue weighted by molar-refractivity contribution is 5.95. The van der Waals surface area contributed by atoms with Crippen LogP contribution in [0.5, 0.6) is 0 Å². The van der Waals surface area contributed by atoms with Gasteiger partial charge in [-0.05, 0) is 135 Å². The van der Waals surface area contributed by atoms with Gasteiger partial charge in [-0.1, -0.05) is 160 Å². The van der Waals surface area contributed by atoms with Crippen molar-refractivity contribution >= 4 is 17.1 Å². The lowest BCUT2D eigenvalue weighted by Crippen LogP contribution is -2.29. The van der Waals surface area contributed by atoms with Crippen molar-refractivity contribution < 1.29 is 0 Å². The summed E-state index contributed by atoms with van der Waals surface area (Å²) in [6.45, 7) is 4.75. The van der Waals surface area contributed by atoms with E-state index in [2.05, 4.69) is 189 Å². The molecule has 1 nitrogen and oxygen atoms in total. The number of anilines is 3. The molecule has 7 aromatic rings. The normalized spacial score (nSPS) is 19.3. The molecule has 0 radical (unpaired) electrons. The van der Waals surface area contributed by atoms with E-state index in [1.54, 1.807) is 0 Å². The Morgan fingerprint density at radius 3 is 1.59 bits per heavy atom. The molecule has 7 aromatic carbocycles. The van der Waals surface area contributed by atoms with Crippen molar-refractivity contribution in [1.82, 2.24) is 0 Å². The van der Waals surface area contributed by atoms with E-state index in [9.17, 15) is 0 Å². The molecular formula is C53H47N. The molecule has 0 N–H and O–H groups in total. The van der Waals surface area contributed by atoms with Gasteiger partial charge >= 0.3 is 0 Å². The molecule has 3 saturated carbocycles. The Kier molecular flexibility index (Phi) is 8.13. The van der Waals surface area contributed by atoms with E-state index in [0.29, 0.717) is 5.92 Å². The van der Waals surface area contributed by atoms with Gasteiger partial charge < -0.3 is 4.90 Å². The first-order valence-electron chi connectivity index (χ1n) is 20.0. The molecule has 54 heavy (non-hydrogen) atoms. The van der Waals surface area contributed by atoms with Crippen molar-refractivity contribution in [3.63, 3.8) is 0 Å². The molecule has 0 aliphatic heterocycles. The second-order valence-electron chi connectivity index (χ2n) is 16.5. The number of benzene rings is 7. The number of nitrogens with zero attached hydrogens (tertiary/aromatic N) is 1. The summed E-state index contributed by atoms with van der Waals surface area (Å²) in [5.41, 5.74) is 17.9. The SMILES string of the molecule is CC1(C)c2ccccc2-c2ccc(N(c3ccc(-c4c(-c5ccccc5)cccc4-c4ccccc4)cc3)c3ccc(C4CC5CCC4CC5)cc3)cc21. The maximum Gasteiger partial charge on any atom is 0.0465 e. The molecule has 264 valence electrons. The van der Waals surface area contributed by atoms with E-state index in [1.165, 1.54) is 105 Å². The number of fused-ring (bicyclic) bond motifs is 6. The Balaban J connectivity index is 1.09. The number of hydrogen-bond acceptors (Lipinski definition) is 1. The van der Waals surface area contributed by atoms with Gasteiger partial charge in [0.05, 0.1) is 0 Å². The summed E-state index contributed by atoms with van der Waals surface area (Å²) in [6.07, 6.45) is 7.05. The fourth-order valence-electron chi connectivity index (χ4n) is 10.3. The smallest absolute Gasteiger partial charge is 0.0465 e. The standard InChI is InChI=1S/C53H47N/c1-53(2)50-19-10-9-16-47(50)48-33-32-44(35-51(48)53)54(42-28-24-40(25-29-42)49-34-36-20-22-39(49)23-21-36)43-30-26-41(27-31-43)52-45(37-12-5-3-6-13-37)17-11-18-46(52)38-14-7-4-8-15-38/h3-19,24-33,35-36,39,49H,20-23,34H2,1-2H3. The Morgan fingerprint density at radius 2 is 0.981 bits per heavy atom. The van der Waals surface area contributed by atoms with E-state index >= 15 is 0 Å². The van der Waals surface area contributed by atoms with Crippen LogP contribution >= 0.6 is 0 Å². The van der Waals surface area contributed by atoms with Crippen LogP contribution in [0.4, 0.5) is 17.1 Å². The number of hydrogen-bond donors (Lipinski definition) is 0. The minimum absolute atomic E-state index is 0.0728. The molecule has 11 rings (SSSR count). The van der Waals surface area contributed by atoms with Crippen molar-refractivity contribution in [2.75, 3.05) is 4.90 Å². The van der Waals surface area contributed by atoms with Crippen LogP contribution in [0.1, 0.15) is 68.6 Å². The molecule has 0 heterocycles. The fourth-order valence-corrected chi connectivity index (χ4v) is 10.3. The summed E-state index contributed by atoms with van der Waals surface area (Å²) in [6, 6.07) is 63.4. The summed E-state index contributed by atoms with van der Waals surface area (Å²) >= 11 is 0. The van der Waals surface area contributed by atoms with Crippen LogP contribution in [0, 0.1) is 11.8 Å². The lowest BCUT2D eigenvalue weighted by atomic mass is 9.63. The van der Waals surface area contributed by atoms with Gasteiger partial charge in [0.15, 0.2) is 0 Å². The lowest BCUT2D eigenvalue weighted by Gasteiger charge is -2.42. The van der Waals surface area contributed by atoms with Crippen molar-refractivity contribution in [3.8, 4) is 44.5 Å². The van der Waals surface area contributed by atoms with Crippen LogP contribution in [0.2, 0.25) is 0 Å². The third-order valence-electron chi connectivity index (χ3n) is 13.1. The van der Waals surface area contributed by atoms with Crippen molar-refractivity contribution in [2.24, 2.45) is 11.8 Å². The third kappa shape index (κ3) is 5.61. The second-order valence-corrected chi connectivity index (χ2v) is 16.5. The summed E-state index contributed by atoms with van der Waals surface area (Å²) in [7, 11) is 0. The van der Waals surface area contributed by atoms with Gasteiger partial charge in [-0.3, -0.25) is 0 Å². The topological polar surface area (TPSA) is 3.24 Å². The van der Waals surface area contributed by atoms with Crippen LogP contribution in [-0.4, -0.2) is 0 Å². The van der Waals surface area contributed by atoms with Crippen LogP contribution in [0.15, 0.2) is 170 Å². The van der Waals surface area contributed by atoms with Crippen molar-refractivity contribution in [2.45, 2.75) is 57.3 Å². The van der Waals surface area contributed by atoms with Gasteiger partial charge in [-0.15, -0.1) is 0 Å². The maximum absolute atomic E-state index is 2.47. The Bertz CT molecular complexity index is 2370. The molecule has 1 atom stereocenters. The highest BCUT2D eigenvalue weighted by atomic mass is 15.1. The molecule has 0 saturated heterocycles. The van der Waals surface area contributed by atoms with E-state index in [1.807, 2.05) is 0 Å². The summed E-state index contributed by atoms with van der Waals surface area (Å²) in [4.78, 5) is 2.47. The van der Waals surface area contributed by atoms with Crippen LogP contribution in [-0.2, 0) is 5.41 Å². The monoisotopic (exact) mass is 697 g/mol. The highest BCUT2D eigenvalue weighted by Gasteiger charge is 2.37. The maximum atomic E-state index is 2.47. The minimum atomic E-state index is -0.0728. The highest BCUT2D eigenvalue weighted by Crippen LogP contribution is 2.52. The van der Waals surface area contributed by atoms with E-state index in [4.69, 9.17) is 0 Å². The fraction of sp³-hybridized carbons (Fsp3) is 0.208. The second kappa shape index (κ2) is 13.3. The predicted molar refractivity (Wildman–Crippen MR) is 228 cm³/mol. The molecule has 4 aliphatic carbocycles. The van der Waals surface area contributed by atoms with Crippen LogP contribution in [0.3, 0.4) is 0 Å². The summed E-state index contributed by atoms with van der Waals surface area (Å²) < 4.78 is 0. The van der Waals surface area contributed by atoms with Crippen LogP contribution in [0.25, 0.3) is 44.5 Å². The zero-order chi connectivity index (χ0) is 36.2. The van der Waals surface area contributed by atoms with Gasteiger partial charge in [0.25, 0.3) is 0 Å². The zero-order valence-corrected chi connectivity index (χ0v) is 31.4. The Hall–Kier alpha value is -5.66. The third-order valence-corrected chi connectivity index (χ3v) is 13.1. The van der Waals surface area contributed by atoms with E-state index in [-0.39, 0.29) is 5.41 Å². The van der Waals surface area contributed by atoms with Gasteiger partial charge in [0.1, 0.15) is 0 Å². The zero-order valence-electron chi connectivity index (χ0n) is 31.4. The molecule has 1 heteroatoms. The first kappa shape index (κ1) is 32.9. The Morgan fingerprint density at radius 1 is 0.444 bits per heavy atom. The van der Waals surface area contributed by atoms with Gasteiger partial charge in [0.2, 0.25) is 0 Å². The predicted octanol–water partition coefficient (Wildman–Crippen LogP) is 14.8. The molecule has 0 amide bonds. The van der Waals surface area contributed by atoms with Gasteiger partial charge in [0, 0.05) is 22.5 Å². The minimum Gasteiger partial charge on any atom is -0.310 e. The molecule has 0 aromatic heterocycles. The largest absolute Gasteiger partial charge is 0.310 e. The van der Waals surface area contributed by atoms with Crippen molar-refractivity contribution in [3.05, 3.63) is 187 Å². The van der Waals surface area contributed by atoms with E-state index < -0.39 is 0 Å². The van der Waals surface area contributed by atoms with E-state index in [0.717, 1.165) is 17.5 Å². The first-order chi connectivity index (χ1) is 26.5. The lowest BCUT2D eigenvalue weighted by molar-refractivity contribution is 0.145. The van der Waals surface area contributed by atoms with Gasteiger partial charge in [-0.2, -0.15) is 0 Å². The molecule has 4 aliphatic rings. The average Bonchev–Trinajstić information content (AvgIpc) is 3.47. The molecule has 2 bridgehead atoms.